The molecule has 0 radical (unpaired) electrons. The Labute approximate surface area is 154 Å². The van der Waals surface area contributed by atoms with Crippen molar-refractivity contribution in [1.82, 2.24) is 10.3 Å². The van der Waals surface area contributed by atoms with Gasteiger partial charge in [-0.3, -0.25) is 9.78 Å². The lowest BCUT2D eigenvalue weighted by Gasteiger charge is -2.14. The highest BCUT2D eigenvalue weighted by Gasteiger charge is 2.27. The molecule has 136 valence electrons. The molecule has 4 rings (SSSR count). The van der Waals surface area contributed by atoms with E-state index in [1.54, 1.807) is 12.4 Å². The molecule has 1 aliphatic rings. The number of halogens is 2. The second-order valence-corrected chi connectivity index (χ2v) is 6.29. The molecule has 0 aliphatic carbocycles. The van der Waals surface area contributed by atoms with Gasteiger partial charge in [-0.2, -0.15) is 0 Å². The summed E-state index contributed by atoms with van der Waals surface area (Å²) in [6, 6.07) is 13.0. The van der Waals surface area contributed by atoms with Crippen LogP contribution in [0.2, 0.25) is 0 Å². The summed E-state index contributed by atoms with van der Waals surface area (Å²) in [4.78, 5) is 16.3. The van der Waals surface area contributed by atoms with E-state index in [0.717, 1.165) is 34.6 Å². The lowest BCUT2D eigenvalue weighted by Crippen LogP contribution is -2.35. The standard InChI is InChI=1S/C21H16F2N2O2/c22-17-7-2-8-18(23)19(17)21(26)25-12-15-10-13-4-1-6-16(20(13)27-15)14-5-3-9-24-11-14/h1-9,11,15H,10,12H2,(H,25,26). The van der Waals surface area contributed by atoms with E-state index in [1.165, 1.54) is 6.07 Å². The maximum Gasteiger partial charge on any atom is 0.257 e. The number of nitrogens with one attached hydrogen (secondary N) is 1. The zero-order chi connectivity index (χ0) is 18.8. The molecule has 0 bridgehead atoms. The van der Waals surface area contributed by atoms with Gasteiger partial charge in [-0.25, -0.2) is 8.78 Å². The summed E-state index contributed by atoms with van der Waals surface area (Å²) < 4.78 is 33.4. The van der Waals surface area contributed by atoms with E-state index < -0.39 is 23.1 Å². The average Bonchev–Trinajstić information content (AvgIpc) is 3.10. The van der Waals surface area contributed by atoms with Gasteiger partial charge >= 0.3 is 0 Å². The Kier molecular flexibility index (Phi) is 4.54. The van der Waals surface area contributed by atoms with Gasteiger partial charge in [0.15, 0.2) is 0 Å². The van der Waals surface area contributed by atoms with Crippen LogP contribution in [0.15, 0.2) is 60.9 Å². The molecule has 1 atom stereocenters. The fraction of sp³-hybridized carbons (Fsp3) is 0.143. The smallest absolute Gasteiger partial charge is 0.257 e. The van der Waals surface area contributed by atoms with E-state index in [2.05, 4.69) is 10.3 Å². The second kappa shape index (κ2) is 7.15. The van der Waals surface area contributed by atoms with E-state index in [1.807, 2.05) is 30.3 Å². The van der Waals surface area contributed by atoms with E-state index in [9.17, 15) is 13.6 Å². The topological polar surface area (TPSA) is 51.2 Å². The van der Waals surface area contributed by atoms with Gasteiger partial charge in [0.05, 0.1) is 6.54 Å². The molecular formula is C21H16F2N2O2. The molecule has 6 heteroatoms. The molecule has 1 N–H and O–H groups in total. The summed E-state index contributed by atoms with van der Waals surface area (Å²) in [7, 11) is 0. The van der Waals surface area contributed by atoms with Crippen LogP contribution in [0.25, 0.3) is 11.1 Å². The summed E-state index contributed by atoms with van der Waals surface area (Å²) >= 11 is 0. The first-order chi connectivity index (χ1) is 13.1. The number of amides is 1. The van der Waals surface area contributed by atoms with Crippen molar-refractivity contribution in [2.24, 2.45) is 0 Å². The van der Waals surface area contributed by atoms with Gasteiger partial charge in [-0.1, -0.05) is 30.3 Å². The highest BCUT2D eigenvalue weighted by molar-refractivity contribution is 5.94. The summed E-state index contributed by atoms with van der Waals surface area (Å²) in [6.07, 6.45) is 3.75. The lowest BCUT2D eigenvalue weighted by atomic mass is 10.0. The molecule has 27 heavy (non-hydrogen) atoms. The normalized spacial score (nSPS) is 15.1. The van der Waals surface area contributed by atoms with Crippen molar-refractivity contribution in [3.8, 4) is 16.9 Å². The molecule has 0 saturated heterocycles. The number of aromatic nitrogens is 1. The van der Waals surface area contributed by atoms with Crippen LogP contribution in [0, 0.1) is 11.6 Å². The maximum atomic E-state index is 13.7. The Morgan fingerprint density at radius 3 is 2.63 bits per heavy atom. The molecule has 0 saturated carbocycles. The van der Waals surface area contributed by atoms with Gasteiger partial charge in [0, 0.05) is 29.9 Å². The van der Waals surface area contributed by atoms with Gasteiger partial charge in [-0.05, 0) is 23.8 Å². The van der Waals surface area contributed by atoms with E-state index in [0.29, 0.717) is 6.42 Å². The zero-order valence-electron chi connectivity index (χ0n) is 14.3. The number of benzene rings is 2. The Balaban J connectivity index is 1.47. The highest BCUT2D eigenvalue weighted by Crippen LogP contribution is 2.38. The third-order valence-electron chi connectivity index (χ3n) is 4.48. The quantitative estimate of drug-likeness (QED) is 0.765. The van der Waals surface area contributed by atoms with Crippen LogP contribution in [0.5, 0.6) is 5.75 Å². The van der Waals surface area contributed by atoms with Crippen LogP contribution in [-0.4, -0.2) is 23.5 Å². The first kappa shape index (κ1) is 17.1. The van der Waals surface area contributed by atoms with Crippen LogP contribution in [0.1, 0.15) is 15.9 Å². The van der Waals surface area contributed by atoms with Crippen molar-refractivity contribution >= 4 is 5.91 Å². The summed E-state index contributed by atoms with van der Waals surface area (Å²) in [5.74, 6) is -1.82. The van der Waals surface area contributed by atoms with Crippen molar-refractivity contribution in [3.63, 3.8) is 0 Å². The van der Waals surface area contributed by atoms with Gasteiger partial charge in [0.1, 0.15) is 29.1 Å². The van der Waals surface area contributed by atoms with E-state index in [-0.39, 0.29) is 12.6 Å². The van der Waals surface area contributed by atoms with Gasteiger partial charge < -0.3 is 10.1 Å². The number of nitrogens with zero attached hydrogens (tertiary/aromatic N) is 1. The summed E-state index contributed by atoms with van der Waals surface area (Å²) in [5.41, 5.74) is 2.30. The predicted octanol–water partition coefficient (Wildman–Crippen LogP) is 3.76. The Hall–Kier alpha value is -3.28. The molecule has 1 unspecified atom stereocenters. The molecule has 1 aliphatic heterocycles. The van der Waals surface area contributed by atoms with Crippen LogP contribution in [0.3, 0.4) is 0 Å². The third kappa shape index (κ3) is 3.38. The molecule has 2 aromatic carbocycles. The van der Waals surface area contributed by atoms with Gasteiger partial charge in [0.2, 0.25) is 0 Å². The summed E-state index contributed by atoms with van der Waals surface area (Å²) in [6.45, 7) is 0.147. The fourth-order valence-corrected chi connectivity index (χ4v) is 3.21. The molecule has 1 aromatic heterocycles. The number of carbonyl (C=O) groups excluding carboxylic acids is 1. The fourth-order valence-electron chi connectivity index (χ4n) is 3.21. The predicted molar refractivity (Wildman–Crippen MR) is 96.5 cm³/mol. The van der Waals surface area contributed by atoms with Crippen molar-refractivity contribution in [1.29, 1.82) is 0 Å². The first-order valence-corrected chi connectivity index (χ1v) is 8.54. The number of pyridine rings is 1. The SMILES string of the molecule is O=C(NCC1Cc2cccc(-c3cccnc3)c2O1)c1c(F)cccc1F. The number of hydrogen-bond acceptors (Lipinski definition) is 3. The largest absolute Gasteiger partial charge is 0.487 e. The third-order valence-corrected chi connectivity index (χ3v) is 4.48. The maximum absolute atomic E-state index is 13.7. The number of fused-ring (bicyclic) bond motifs is 1. The van der Waals surface area contributed by atoms with Gasteiger partial charge in [0.25, 0.3) is 5.91 Å². The monoisotopic (exact) mass is 366 g/mol. The number of rotatable bonds is 4. The van der Waals surface area contributed by atoms with Crippen LogP contribution in [0.4, 0.5) is 8.78 Å². The molecule has 4 nitrogen and oxygen atoms in total. The molecule has 0 spiro atoms. The number of carbonyl (C=O) groups is 1. The second-order valence-electron chi connectivity index (χ2n) is 6.29. The lowest BCUT2D eigenvalue weighted by molar-refractivity contribution is 0.0925. The average molecular weight is 366 g/mol. The molecule has 1 amide bonds. The van der Waals surface area contributed by atoms with Crippen molar-refractivity contribution in [2.45, 2.75) is 12.5 Å². The van der Waals surface area contributed by atoms with Gasteiger partial charge in [-0.15, -0.1) is 0 Å². The minimum atomic E-state index is -0.887. The Morgan fingerprint density at radius 1 is 1.11 bits per heavy atom. The van der Waals surface area contributed by atoms with E-state index >= 15 is 0 Å². The molecule has 0 fully saturated rings. The molecular weight excluding hydrogens is 350 g/mol. The number of ether oxygens (including phenoxy) is 1. The van der Waals surface area contributed by atoms with Crippen molar-refractivity contribution in [3.05, 3.63) is 83.7 Å². The molecule has 3 aromatic rings. The van der Waals surface area contributed by atoms with Crippen LogP contribution in [-0.2, 0) is 6.42 Å². The van der Waals surface area contributed by atoms with E-state index in [4.69, 9.17) is 4.74 Å². The zero-order valence-corrected chi connectivity index (χ0v) is 14.3. The Bertz CT molecular complexity index is 972. The number of para-hydroxylation sites is 1. The first-order valence-electron chi connectivity index (χ1n) is 8.54. The van der Waals surface area contributed by atoms with Crippen LogP contribution >= 0.6 is 0 Å². The van der Waals surface area contributed by atoms with Crippen molar-refractivity contribution < 1.29 is 18.3 Å². The highest BCUT2D eigenvalue weighted by atomic mass is 19.1. The van der Waals surface area contributed by atoms with Crippen LogP contribution < -0.4 is 10.1 Å². The summed E-state index contributed by atoms with van der Waals surface area (Å²) in [5, 5.41) is 2.56. The number of hydrogen-bond donors (Lipinski definition) is 1. The minimum Gasteiger partial charge on any atom is -0.487 e. The molecule has 2 heterocycles. The minimum absolute atomic E-state index is 0.147. The van der Waals surface area contributed by atoms with Crippen molar-refractivity contribution in [2.75, 3.05) is 6.54 Å². The Morgan fingerprint density at radius 2 is 1.89 bits per heavy atom.